The molecule has 28 heavy (non-hydrogen) atoms. The third kappa shape index (κ3) is 3.19. The smallest absolute Gasteiger partial charge is 0.416 e. The fourth-order valence-electron chi connectivity index (χ4n) is 3.03. The molecule has 0 spiro atoms. The molecule has 0 saturated carbocycles. The van der Waals surface area contributed by atoms with Crippen molar-refractivity contribution in [3.63, 3.8) is 0 Å². The average Bonchev–Trinajstić information content (AvgIpc) is 3.11. The lowest BCUT2D eigenvalue weighted by molar-refractivity contribution is -0.137. The first-order valence-electron chi connectivity index (χ1n) is 9.65. The molecule has 1 heterocycles. The molecule has 142 valence electrons. The van der Waals surface area contributed by atoms with Crippen LogP contribution < -0.4 is 4.74 Å². The van der Waals surface area contributed by atoms with E-state index in [0.717, 1.165) is 24.3 Å². The number of fused-ring (bicyclic) bond motifs is 1. The van der Waals surface area contributed by atoms with Crippen LogP contribution in [0.25, 0.3) is 27.8 Å². The van der Waals surface area contributed by atoms with E-state index in [2.05, 4.69) is 4.98 Å². The van der Waals surface area contributed by atoms with Gasteiger partial charge in [0, 0.05) is 11.3 Å². The number of halogens is 4. The second-order valence-electron chi connectivity index (χ2n) is 6.11. The minimum atomic E-state index is -4.48. The third-order valence-electron chi connectivity index (χ3n) is 4.36. The number of rotatable bonds is 3. The first-order valence-corrected chi connectivity index (χ1v) is 8.15. The van der Waals surface area contributed by atoms with Crippen LogP contribution in [-0.4, -0.2) is 16.6 Å². The van der Waals surface area contributed by atoms with Gasteiger partial charge in [0.15, 0.2) is 0 Å². The van der Waals surface area contributed by atoms with Gasteiger partial charge in [-0.25, -0.2) is 9.37 Å². The van der Waals surface area contributed by atoms with Crippen LogP contribution in [0.2, 0.25) is 0 Å². The molecule has 4 rings (SSSR count). The van der Waals surface area contributed by atoms with E-state index in [1.165, 1.54) is 18.5 Å². The van der Waals surface area contributed by atoms with E-state index in [1.54, 1.807) is 28.8 Å². The summed E-state index contributed by atoms with van der Waals surface area (Å²) in [4.78, 5) is 4.06. The van der Waals surface area contributed by atoms with Crippen molar-refractivity contribution in [2.45, 2.75) is 6.18 Å². The molecular formula is C21H14F4N2O. The number of nitrogens with zero attached hydrogens (tertiary/aromatic N) is 2. The van der Waals surface area contributed by atoms with E-state index in [9.17, 15) is 17.6 Å². The van der Waals surface area contributed by atoms with Crippen molar-refractivity contribution in [1.29, 1.82) is 0 Å². The Bertz CT molecular complexity index is 1270. The molecule has 0 amide bonds. The van der Waals surface area contributed by atoms with Gasteiger partial charge >= 0.3 is 6.18 Å². The molecule has 3 nitrogen and oxygen atoms in total. The summed E-state index contributed by atoms with van der Waals surface area (Å²) in [7, 11) is -2.72. The van der Waals surface area contributed by atoms with Crippen molar-refractivity contribution in [2.75, 3.05) is 7.04 Å². The molecule has 0 saturated heterocycles. The number of aromatic nitrogens is 2. The number of hydrogen-bond donors (Lipinski definition) is 0. The lowest BCUT2D eigenvalue weighted by Gasteiger charge is -2.11. The molecule has 0 fully saturated rings. The predicted molar refractivity (Wildman–Crippen MR) is 98.0 cm³/mol. The lowest BCUT2D eigenvalue weighted by Crippen LogP contribution is -2.04. The van der Waals surface area contributed by atoms with Crippen molar-refractivity contribution in [1.82, 2.24) is 9.55 Å². The van der Waals surface area contributed by atoms with Gasteiger partial charge in [0.2, 0.25) is 0 Å². The molecule has 0 unspecified atom stereocenters. The zero-order chi connectivity index (χ0) is 22.4. The number of benzene rings is 3. The minimum Gasteiger partial charge on any atom is -0.496 e. The lowest BCUT2D eigenvalue weighted by atomic mass is 10.0. The van der Waals surface area contributed by atoms with Crippen LogP contribution in [0.4, 0.5) is 17.6 Å². The van der Waals surface area contributed by atoms with E-state index >= 15 is 0 Å². The number of imidazole rings is 1. The fraction of sp³-hybridized carbons (Fsp3) is 0.0952. The highest BCUT2D eigenvalue weighted by molar-refractivity contribution is 5.79. The summed E-state index contributed by atoms with van der Waals surface area (Å²) >= 11 is 0. The van der Waals surface area contributed by atoms with Crippen LogP contribution in [0.15, 0.2) is 67.0 Å². The maximum Gasteiger partial charge on any atom is 0.416 e. The summed E-state index contributed by atoms with van der Waals surface area (Å²) in [5.41, 5.74) is 1.04. The van der Waals surface area contributed by atoms with E-state index in [1.807, 2.05) is 0 Å². The monoisotopic (exact) mass is 389 g/mol. The van der Waals surface area contributed by atoms with Gasteiger partial charge < -0.3 is 4.74 Å². The largest absolute Gasteiger partial charge is 0.496 e. The maximum absolute atomic E-state index is 13.9. The Morgan fingerprint density at radius 2 is 1.89 bits per heavy atom. The minimum absolute atomic E-state index is 0.0242. The van der Waals surface area contributed by atoms with Gasteiger partial charge in [-0.3, -0.25) is 4.57 Å². The van der Waals surface area contributed by atoms with Gasteiger partial charge in [-0.15, -0.1) is 0 Å². The van der Waals surface area contributed by atoms with Gasteiger partial charge in [0.1, 0.15) is 17.9 Å². The van der Waals surface area contributed by atoms with Crippen molar-refractivity contribution >= 4 is 11.0 Å². The summed E-state index contributed by atoms with van der Waals surface area (Å²) in [5, 5.41) is 0. The quantitative estimate of drug-likeness (QED) is 0.411. The summed E-state index contributed by atoms with van der Waals surface area (Å²) in [5.74, 6) is -0.602. The first kappa shape index (κ1) is 14.7. The normalized spacial score (nSPS) is 13.8. The highest BCUT2D eigenvalue weighted by Gasteiger charge is 2.30. The summed E-state index contributed by atoms with van der Waals surface area (Å²) in [6.45, 7) is 0. The molecular weight excluding hydrogens is 372 g/mol. The number of methoxy groups -OCH3 is 1. The van der Waals surface area contributed by atoms with Crippen LogP contribution in [0.3, 0.4) is 0 Å². The molecule has 1 aromatic heterocycles. The second-order valence-corrected chi connectivity index (χ2v) is 6.11. The van der Waals surface area contributed by atoms with Crippen LogP contribution in [0.1, 0.15) is 9.68 Å². The Labute approximate surface area is 162 Å². The van der Waals surface area contributed by atoms with Crippen molar-refractivity contribution in [3.05, 3.63) is 78.4 Å². The molecule has 0 atom stereocenters. The Balaban J connectivity index is 1.79. The topological polar surface area (TPSA) is 27.1 Å². The summed E-state index contributed by atoms with van der Waals surface area (Å²) in [6.07, 6.45) is -3.09. The molecule has 0 N–H and O–H groups in total. The average molecular weight is 389 g/mol. The molecule has 0 radical (unpaired) electrons. The zero-order valence-corrected chi connectivity index (χ0v) is 14.2. The van der Waals surface area contributed by atoms with Crippen LogP contribution >= 0.6 is 0 Å². The van der Waals surface area contributed by atoms with E-state index in [0.29, 0.717) is 16.8 Å². The van der Waals surface area contributed by atoms with Crippen LogP contribution in [0.5, 0.6) is 5.75 Å². The summed E-state index contributed by atoms with van der Waals surface area (Å²) in [6, 6.07) is 13.4. The summed E-state index contributed by atoms with van der Waals surface area (Å²) < 4.78 is 81.3. The molecule has 0 aliphatic rings. The van der Waals surface area contributed by atoms with E-state index in [4.69, 9.17) is 8.85 Å². The van der Waals surface area contributed by atoms with E-state index < -0.39 is 24.6 Å². The SMILES string of the molecule is [2H]C([2H])([2H])Oc1ccc(F)cc1-c1cccc(-n2cnc3cc(C(F)(F)F)ccc32)c1. The molecule has 3 aromatic carbocycles. The standard InChI is InChI=1S/C21H14F4N2O/c1-28-20-8-6-15(22)11-17(20)13-3-2-4-16(9-13)27-12-26-18-10-14(21(23,24)25)5-7-19(18)27/h2-12H,1H3/i1D3. The molecule has 4 aromatic rings. The van der Waals surface area contributed by atoms with Gasteiger partial charge in [-0.05, 0) is 54.1 Å². The highest BCUT2D eigenvalue weighted by Crippen LogP contribution is 2.34. The number of hydrogen-bond acceptors (Lipinski definition) is 2. The van der Waals surface area contributed by atoms with Crippen molar-refractivity contribution in [2.24, 2.45) is 0 Å². The zero-order valence-electron chi connectivity index (χ0n) is 17.2. The predicted octanol–water partition coefficient (Wildman–Crippen LogP) is 5.86. The van der Waals surface area contributed by atoms with E-state index in [-0.39, 0.29) is 16.8 Å². The van der Waals surface area contributed by atoms with Crippen LogP contribution in [-0.2, 0) is 6.18 Å². The second kappa shape index (κ2) is 6.67. The Kier molecular flexibility index (Phi) is 3.50. The van der Waals surface area contributed by atoms with Gasteiger partial charge in [-0.1, -0.05) is 12.1 Å². The Morgan fingerprint density at radius 3 is 2.68 bits per heavy atom. The molecule has 0 aliphatic carbocycles. The third-order valence-corrected chi connectivity index (χ3v) is 4.36. The molecule has 0 bridgehead atoms. The number of ether oxygens (including phenoxy) is 1. The number of alkyl halides is 3. The van der Waals surface area contributed by atoms with Gasteiger partial charge in [-0.2, -0.15) is 13.2 Å². The van der Waals surface area contributed by atoms with Gasteiger partial charge in [0.05, 0.1) is 27.7 Å². The maximum atomic E-state index is 13.9. The van der Waals surface area contributed by atoms with Gasteiger partial charge in [0.25, 0.3) is 0 Å². The van der Waals surface area contributed by atoms with Crippen molar-refractivity contribution in [3.8, 4) is 22.6 Å². The fourth-order valence-corrected chi connectivity index (χ4v) is 3.03. The highest BCUT2D eigenvalue weighted by atomic mass is 19.4. The van der Waals surface area contributed by atoms with Crippen molar-refractivity contribution < 1.29 is 26.4 Å². The van der Waals surface area contributed by atoms with Crippen LogP contribution in [0, 0.1) is 5.82 Å². The Morgan fingerprint density at radius 1 is 1.04 bits per heavy atom. The first-order chi connectivity index (χ1) is 14.5. The molecule has 7 heteroatoms. The molecule has 0 aliphatic heterocycles. The Hall–Kier alpha value is -3.35.